The summed E-state index contributed by atoms with van der Waals surface area (Å²) in [7, 11) is -3.62. The molecule has 0 radical (unpaired) electrons. The molecule has 0 saturated carbocycles. The lowest BCUT2D eigenvalue weighted by Gasteiger charge is -2.21. The van der Waals surface area contributed by atoms with Crippen molar-refractivity contribution in [3.8, 4) is 0 Å². The highest BCUT2D eigenvalue weighted by molar-refractivity contribution is 7.58. The van der Waals surface area contributed by atoms with E-state index < -0.39 is 24.9 Å². The molecule has 3 atom stereocenters. The van der Waals surface area contributed by atoms with Crippen molar-refractivity contribution >= 4 is 13.3 Å². The molecule has 4 N–H and O–H groups in total. The summed E-state index contributed by atoms with van der Waals surface area (Å²) in [4.78, 5) is 21.0. The topological polar surface area (TPSA) is 101 Å². The second-order valence-electron chi connectivity index (χ2n) is 4.22. The molecule has 1 aromatic rings. The van der Waals surface area contributed by atoms with Gasteiger partial charge in [0.25, 0.3) is 0 Å². The van der Waals surface area contributed by atoms with E-state index in [-0.39, 0.29) is 6.29 Å². The Hall–Kier alpha value is -1.16. The fraction of sp³-hybridized carbons (Fsp3) is 0.364. The first kappa shape index (κ1) is 12.3. The predicted molar refractivity (Wildman–Crippen MR) is 63.2 cm³/mol. The minimum Gasteiger partial charge on any atom is -0.481 e. The third kappa shape index (κ3) is 2.02. The Bertz CT molecular complexity index is 502. The van der Waals surface area contributed by atoms with Crippen LogP contribution in [0.3, 0.4) is 0 Å². The Balaban J connectivity index is 2.47. The van der Waals surface area contributed by atoms with E-state index in [4.69, 9.17) is 5.73 Å². The summed E-state index contributed by atoms with van der Waals surface area (Å²) in [5, 5.41) is 9.22. The number of benzene rings is 1. The van der Waals surface area contributed by atoms with Gasteiger partial charge in [-0.15, -0.1) is 0 Å². The van der Waals surface area contributed by atoms with Crippen molar-refractivity contribution < 1.29 is 19.4 Å². The van der Waals surface area contributed by atoms with E-state index in [2.05, 4.69) is 0 Å². The first-order valence-corrected chi connectivity index (χ1v) is 7.21. The quantitative estimate of drug-likeness (QED) is 0.698. The van der Waals surface area contributed by atoms with Gasteiger partial charge in [0.05, 0.1) is 17.9 Å². The molecule has 3 unspecified atom stereocenters. The molecule has 2 rings (SSSR count). The highest BCUT2D eigenvalue weighted by atomic mass is 31.2. The summed E-state index contributed by atoms with van der Waals surface area (Å²) in [5.74, 6) is -1.99. The molecule has 0 spiro atoms. The lowest BCUT2D eigenvalue weighted by molar-refractivity contribution is -0.138. The van der Waals surface area contributed by atoms with Crippen molar-refractivity contribution in [1.82, 2.24) is 0 Å². The van der Waals surface area contributed by atoms with Gasteiger partial charge < -0.3 is 15.7 Å². The van der Waals surface area contributed by atoms with Crippen LogP contribution in [0.15, 0.2) is 24.3 Å². The van der Waals surface area contributed by atoms with E-state index in [0.717, 1.165) is 5.56 Å². The first-order valence-electron chi connectivity index (χ1n) is 5.29. The Kier molecular flexibility index (Phi) is 3.08. The van der Waals surface area contributed by atoms with Crippen molar-refractivity contribution in [2.45, 2.75) is 18.0 Å². The van der Waals surface area contributed by atoms with E-state index in [1.165, 1.54) is 0 Å². The van der Waals surface area contributed by atoms with Crippen molar-refractivity contribution in [2.24, 2.45) is 5.73 Å². The van der Waals surface area contributed by atoms with Crippen LogP contribution in [0.4, 0.5) is 0 Å². The Morgan fingerprint density at radius 1 is 1.47 bits per heavy atom. The standard InChI is InChI=1S/C11H14NO4P/c12-6-17(15,16)9-5-7-3-1-2-4-8(7)10(9)11(13)14/h1-4,9-10H,5-6,12H2,(H,13,14)(H,15,16). The van der Waals surface area contributed by atoms with Crippen LogP contribution >= 0.6 is 7.37 Å². The number of hydrogen-bond donors (Lipinski definition) is 3. The zero-order valence-electron chi connectivity index (χ0n) is 9.11. The second kappa shape index (κ2) is 4.26. The van der Waals surface area contributed by atoms with Gasteiger partial charge in [-0.25, -0.2) is 0 Å². The lowest BCUT2D eigenvalue weighted by Crippen LogP contribution is -2.25. The zero-order chi connectivity index (χ0) is 12.6. The summed E-state index contributed by atoms with van der Waals surface area (Å²) >= 11 is 0. The number of carboxylic acids is 1. The summed E-state index contributed by atoms with van der Waals surface area (Å²) in [6.45, 7) is 0. The second-order valence-corrected chi connectivity index (χ2v) is 6.76. The monoisotopic (exact) mass is 255 g/mol. The van der Waals surface area contributed by atoms with Gasteiger partial charge in [-0.1, -0.05) is 24.3 Å². The van der Waals surface area contributed by atoms with Gasteiger partial charge in [-0.05, 0) is 17.5 Å². The molecule has 0 amide bonds. The Morgan fingerprint density at radius 3 is 2.71 bits per heavy atom. The van der Waals surface area contributed by atoms with Crippen LogP contribution in [0.25, 0.3) is 0 Å². The summed E-state index contributed by atoms with van der Waals surface area (Å²) < 4.78 is 11.9. The predicted octanol–water partition coefficient (Wildman–Crippen LogP) is 0.966. The van der Waals surface area contributed by atoms with Gasteiger partial charge in [-0.2, -0.15) is 0 Å². The molecular weight excluding hydrogens is 241 g/mol. The normalized spacial score (nSPS) is 26.2. The van der Waals surface area contributed by atoms with Crippen LogP contribution in [-0.4, -0.2) is 27.9 Å². The fourth-order valence-electron chi connectivity index (χ4n) is 2.38. The van der Waals surface area contributed by atoms with E-state index in [1.54, 1.807) is 24.3 Å². The fourth-order valence-corrected chi connectivity index (χ4v) is 3.89. The van der Waals surface area contributed by atoms with Gasteiger partial charge in [-0.3, -0.25) is 9.36 Å². The molecule has 0 bridgehead atoms. The highest BCUT2D eigenvalue weighted by Gasteiger charge is 2.46. The smallest absolute Gasteiger partial charge is 0.311 e. The number of rotatable bonds is 3. The third-order valence-corrected chi connectivity index (χ3v) is 5.29. The van der Waals surface area contributed by atoms with Gasteiger partial charge in [0.1, 0.15) is 0 Å². The molecule has 0 aliphatic heterocycles. The Morgan fingerprint density at radius 2 is 2.12 bits per heavy atom. The van der Waals surface area contributed by atoms with Crippen LogP contribution in [-0.2, 0) is 15.8 Å². The first-order chi connectivity index (χ1) is 7.97. The van der Waals surface area contributed by atoms with Crippen LogP contribution in [0.5, 0.6) is 0 Å². The van der Waals surface area contributed by atoms with Gasteiger partial charge in [0, 0.05) is 0 Å². The maximum absolute atomic E-state index is 11.9. The molecule has 6 heteroatoms. The van der Waals surface area contributed by atoms with E-state index in [1.807, 2.05) is 0 Å². The maximum atomic E-state index is 11.9. The van der Waals surface area contributed by atoms with Crippen molar-refractivity contribution in [3.63, 3.8) is 0 Å². The van der Waals surface area contributed by atoms with Crippen LogP contribution < -0.4 is 5.73 Å². The number of hydrogen-bond acceptors (Lipinski definition) is 3. The van der Waals surface area contributed by atoms with Crippen LogP contribution in [0.1, 0.15) is 17.0 Å². The van der Waals surface area contributed by atoms with Crippen LogP contribution in [0, 0.1) is 0 Å². The molecule has 1 aromatic carbocycles. The molecule has 1 aliphatic carbocycles. The summed E-state index contributed by atoms with van der Waals surface area (Å²) in [5.41, 5.74) is 5.93. The number of fused-ring (bicyclic) bond motifs is 1. The zero-order valence-corrected chi connectivity index (χ0v) is 10.0. The SMILES string of the molecule is NCP(=O)(O)C1Cc2ccccc2C1C(=O)O. The highest BCUT2D eigenvalue weighted by Crippen LogP contribution is 2.55. The van der Waals surface area contributed by atoms with E-state index >= 15 is 0 Å². The third-order valence-electron chi connectivity index (χ3n) is 3.25. The average Bonchev–Trinajstić information content (AvgIpc) is 2.68. The minimum absolute atomic E-state index is 0.304. The molecule has 92 valence electrons. The van der Waals surface area contributed by atoms with Crippen molar-refractivity contribution in [2.75, 3.05) is 6.29 Å². The number of carboxylic acid groups (broad SMARTS) is 1. The molecular formula is C11H14NO4P. The van der Waals surface area contributed by atoms with Gasteiger partial charge in [0.2, 0.25) is 7.37 Å². The lowest BCUT2D eigenvalue weighted by atomic mass is 10.0. The maximum Gasteiger partial charge on any atom is 0.311 e. The number of aliphatic carboxylic acids is 1. The summed E-state index contributed by atoms with van der Waals surface area (Å²) in [6.07, 6.45) is -0.0758. The van der Waals surface area contributed by atoms with Gasteiger partial charge >= 0.3 is 5.97 Å². The minimum atomic E-state index is -3.62. The number of nitrogens with two attached hydrogens (primary N) is 1. The molecule has 1 aliphatic rings. The Labute approximate surface area is 98.7 Å². The van der Waals surface area contributed by atoms with E-state index in [9.17, 15) is 19.4 Å². The largest absolute Gasteiger partial charge is 0.481 e. The van der Waals surface area contributed by atoms with Crippen LogP contribution in [0.2, 0.25) is 0 Å². The molecule has 0 heterocycles. The van der Waals surface area contributed by atoms with E-state index in [0.29, 0.717) is 12.0 Å². The van der Waals surface area contributed by atoms with Crippen molar-refractivity contribution in [1.29, 1.82) is 0 Å². The summed E-state index contributed by atoms with van der Waals surface area (Å²) in [6, 6.07) is 7.03. The molecule has 0 aromatic heterocycles. The molecule has 5 nitrogen and oxygen atoms in total. The molecule has 0 fully saturated rings. The number of carbonyl (C=O) groups is 1. The molecule has 17 heavy (non-hydrogen) atoms. The molecule has 0 saturated heterocycles. The van der Waals surface area contributed by atoms with Gasteiger partial charge in [0.15, 0.2) is 0 Å². The van der Waals surface area contributed by atoms with Crippen molar-refractivity contribution in [3.05, 3.63) is 35.4 Å². The average molecular weight is 255 g/mol.